The molecule has 1 heterocycles. The lowest BCUT2D eigenvalue weighted by atomic mass is 10.2. The first-order valence-corrected chi connectivity index (χ1v) is 8.44. The third-order valence-electron chi connectivity index (χ3n) is 3.83. The van der Waals surface area contributed by atoms with Gasteiger partial charge in [0, 0.05) is 4.47 Å². The molecular formula is C18H17BrN2O3. The van der Waals surface area contributed by atoms with Crippen molar-refractivity contribution in [1.82, 2.24) is 9.13 Å². The van der Waals surface area contributed by atoms with Crippen molar-refractivity contribution in [1.29, 1.82) is 0 Å². The summed E-state index contributed by atoms with van der Waals surface area (Å²) in [6, 6.07) is 13.2. The van der Waals surface area contributed by atoms with Crippen LogP contribution in [-0.2, 0) is 16.1 Å². The molecule has 24 heavy (non-hydrogen) atoms. The van der Waals surface area contributed by atoms with E-state index >= 15 is 0 Å². The van der Waals surface area contributed by atoms with Crippen LogP contribution in [0.1, 0.15) is 12.5 Å². The number of para-hydroxylation sites is 1. The monoisotopic (exact) mass is 388 g/mol. The topological polar surface area (TPSA) is 53.2 Å². The minimum absolute atomic E-state index is 0.101. The Morgan fingerprint density at radius 1 is 1.17 bits per heavy atom. The number of halogens is 1. The van der Waals surface area contributed by atoms with Gasteiger partial charge in [-0.2, -0.15) is 0 Å². The fraction of sp³-hybridized carbons (Fsp3) is 0.222. The van der Waals surface area contributed by atoms with Gasteiger partial charge in [-0.05, 0) is 49.7 Å². The number of rotatable bonds is 4. The maximum Gasteiger partial charge on any atom is 0.334 e. The minimum Gasteiger partial charge on any atom is -0.465 e. The molecule has 0 radical (unpaired) electrons. The largest absolute Gasteiger partial charge is 0.465 e. The van der Waals surface area contributed by atoms with Gasteiger partial charge in [-0.25, -0.2) is 4.79 Å². The van der Waals surface area contributed by atoms with Crippen molar-refractivity contribution in [3.05, 3.63) is 63.0 Å². The molecule has 3 aromatic rings. The summed E-state index contributed by atoms with van der Waals surface area (Å²) in [5.74, 6) is -0.420. The second-order valence-electron chi connectivity index (χ2n) is 5.43. The number of ether oxygens (including phenoxy) is 1. The van der Waals surface area contributed by atoms with Gasteiger partial charge in [0.1, 0.15) is 6.54 Å². The second kappa shape index (κ2) is 6.65. The van der Waals surface area contributed by atoms with Crippen molar-refractivity contribution in [2.24, 2.45) is 0 Å². The van der Waals surface area contributed by atoms with Crippen LogP contribution in [0.25, 0.3) is 16.7 Å². The van der Waals surface area contributed by atoms with Gasteiger partial charge < -0.3 is 4.74 Å². The van der Waals surface area contributed by atoms with Crippen LogP contribution in [0.2, 0.25) is 0 Å². The Morgan fingerprint density at radius 2 is 1.88 bits per heavy atom. The zero-order chi connectivity index (χ0) is 17.3. The Bertz CT molecular complexity index is 955. The number of carbonyl (C=O) groups is 1. The minimum atomic E-state index is -0.420. The Morgan fingerprint density at radius 3 is 2.54 bits per heavy atom. The highest BCUT2D eigenvalue weighted by Gasteiger charge is 2.18. The first-order chi connectivity index (χ1) is 11.5. The van der Waals surface area contributed by atoms with Crippen LogP contribution in [0.5, 0.6) is 0 Å². The number of aromatic nitrogens is 2. The van der Waals surface area contributed by atoms with Gasteiger partial charge in [0.05, 0.1) is 23.3 Å². The Labute approximate surface area is 147 Å². The number of fused-ring (bicyclic) bond motifs is 1. The van der Waals surface area contributed by atoms with Crippen LogP contribution in [0.3, 0.4) is 0 Å². The van der Waals surface area contributed by atoms with Crippen molar-refractivity contribution < 1.29 is 9.53 Å². The molecule has 0 unspecified atom stereocenters. The summed E-state index contributed by atoms with van der Waals surface area (Å²) in [6.07, 6.45) is 0. The highest BCUT2D eigenvalue weighted by Crippen LogP contribution is 2.22. The van der Waals surface area contributed by atoms with E-state index in [-0.39, 0.29) is 18.8 Å². The van der Waals surface area contributed by atoms with Crippen LogP contribution in [0.15, 0.2) is 51.7 Å². The van der Waals surface area contributed by atoms with Crippen LogP contribution < -0.4 is 5.69 Å². The summed E-state index contributed by atoms with van der Waals surface area (Å²) >= 11 is 3.40. The maximum atomic E-state index is 13.0. The number of carbonyl (C=O) groups excluding carboxylic acids is 1. The van der Waals surface area contributed by atoms with E-state index in [0.717, 1.165) is 26.8 Å². The molecule has 3 rings (SSSR count). The summed E-state index contributed by atoms with van der Waals surface area (Å²) in [4.78, 5) is 24.9. The number of hydrogen-bond acceptors (Lipinski definition) is 3. The number of nitrogens with zero attached hydrogens (tertiary/aromatic N) is 2. The van der Waals surface area contributed by atoms with Crippen LogP contribution in [-0.4, -0.2) is 21.7 Å². The van der Waals surface area contributed by atoms with Gasteiger partial charge in [-0.15, -0.1) is 0 Å². The first-order valence-electron chi connectivity index (χ1n) is 7.65. The average Bonchev–Trinajstić information content (AvgIpc) is 2.83. The van der Waals surface area contributed by atoms with Gasteiger partial charge in [-0.1, -0.05) is 28.1 Å². The standard InChI is InChI=1S/C18H17BrN2O3/c1-3-24-16(22)11-20-15-6-4-5-12(2)17(15)21(18(20)23)14-9-7-13(19)8-10-14/h4-10H,3,11H2,1-2H3. The summed E-state index contributed by atoms with van der Waals surface area (Å²) in [7, 11) is 0. The van der Waals surface area contributed by atoms with Gasteiger partial charge in [0.15, 0.2) is 0 Å². The molecule has 0 spiro atoms. The zero-order valence-corrected chi connectivity index (χ0v) is 15.0. The molecule has 0 aliphatic rings. The predicted molar refractivity (Wildman–Crippen MR) is 96.6 cm³/mol. The molecular weight excluding hydrogens is 372 g/mol. The highest BCUT2D eigenvalue weighted by atomic mass is 79.9. The molecule has 6 heteroatoms. The van der Waals surface area contributed by atoms with Crippen LogP contribution >= 0.6 is 15.9 Å². The van der Waals surface area contributed by atoms with E-state index in [1.54, 1.807) is 11.5 Å². The van der Waals surface area contributed by atoms with Gasteiger partial charge in [0.2, 0.25) is 0 Å². The van der Waals surface area contributed by atoms with Crippen molar-refractivity contribution in [3.63, 3.8) is 0 Å². The molecule has 0 N–H and O–H groups in total. The van der Waals surface area contributed by atoms with E-state index in [1.807, 2.05) is 49.4 Å². The summed E-state index contributed by atoms with van der Waals surface area (Å²) in [5.41, 5.74) is 2.99. The van der Waals surface area contributed by atoms with E-state index in [9.17, 15) is 9.59 Å². The Hall–Kier alpha value is -2.34. The van der Waals surface area contributed by atoms with E-state index in [2.05, 4.69) is 15.9 Å². The van der Waals surface area contributed by atoms with Crippen molar-refractivity contribution >= 4 is 32.9 Å². The molecule has 0 aliphatic heterocycles. The lowest BCUT2D eigenvalue weighted by Gasteiger charge is -2.05. The third-order valence-corrected chi connectivity index (χ3v) is 4.36. The second-order valence-corrected chi connectivity index (χ2v) is 6.34. The Balaban J connectivity index is 2.26. The number of hydrogen-bond donors (Lipinski definition) is 0. The fourth-order valence-corrected chi connectivity index (χ4v) is 3.05. The van der Waals surface area contributed by atoms with Crippen LogP contribution in [0.4, 0.5) is 0 Å². The molecule has 0 atom stereocenters. The molecule has 5 nitrogen and oxygen atoms in total. The maximum absolute atomic E-state index is 13.0. The van der Waals surface area contributed by atoms with Gasteiger partial charge >= 0.3 is 11.7 Å². The van der Waals surface area contributed by atoms with Crippen molar-refractivity contribution in [2.45, 2.75) is 20.4 Å². The first kappa shape index (κ1) is 16.5. The van der Waals surface area contributed by atoms with Gasteiger partial charge in [0.25, 0.3) is 0 Å². The highest BCUT2D eigenvalue weighted by molar-refractivity contribution is 9.10. The molecule has 0 saturated carbocycles. The zero-order valence-electron chi connectivity index (χ0n) is 13.5. The predicted octanol–water partition coefficient (Wildman–Crippen LogP) is 3.43. The van der Waals surface area contributed by atoms with Crippen molar-refractivity contribution in [3.8, 4) is 5.69 Å². The molecule has 0 fully saturated rings. The number of imidazole rings is 1. The quantitative estimate of drug-likeness (QED) is 0.643. The fourth-order valence-electron chi connectivity index (χ4n) is 2.79. The molecule has 0 bridgehead atoms. The normalized spacial score (nSPS) is 11.0. The number of benzene rings is 2. The van der Waals surface area contributed by atoms with Crippen LogP contribution in [0, 0.1) is 6.92 Å². The van der Waals surface area contributed by atoms with E-state index < -0.39 is 5.97 Å². The smallest absolute Gasteiger partial charge is 0.334 e. The van der Waals surface area contributed by atoms with E-state index in [1.165, 1.54) is 4.57 Å². The summed E-state index contributed by atoms with van der Waals surface area (Å²) in [5, 5.41) is 0. The molecule has 0 saturated heterocycles. The molecule has 1 aromatic heterocycles. The lowest BCUT2D eigenvalue weighted by molar-refractivity contribution is -0.143. The summed E-state index contributed by atoms with van der Waals surface area (Å²) < 4.78 is 9.03. The molecule has 2 aromatic carbocycles. The van der Waals surface area contributed by atoms with Crippen molar-refractivity contribution in [2.75, 3.05) is 6.61 Å². The van der Waals surface area contributed by atoms with E-state index in [0.29, 0.717) is 0 Å². The SMILES string of the molecule is CCOC(=O)Cn1c(=O)n(-c2ccc(Br)cc2)c2c(C)cccc21. The van der Waals surface area contributed by atoms with E-state index in [4.69, 9.17) is 4.74 Å². The number of aryl methyl sites for hydroxylation is 1. The third kappa shape index (κ3) is 2.89. The molecule has 0 aliphatic carbocycles. The Kier molecular flexibility index (Phi) is 4.57. The number of esters is 1. The average molecular weight is 389 g/mol. The molecule has 124 valence electrons. The summed E-state index contributed by atoms with van der Waals surface area (Å²) in [6.45, 7) is 3.88. The lowest BCUT2D eigenvalue weighted by Crippen LogP contribution is -2.27. The van der Waals surface area contributed by atoms with Gasteiger partial charge in [-0.3, -0.25) is 13.9 Å². The molecule has 0 amide bonds.